The minimum Gasteiger partial charge on any atom is -0.486 e. The van der Waals surface area contributed by atoms with Crippen LogP contribution in [0.25, 0.3) is 0 Å². The van der Waals surface area contributed by atoms with Crippen molar-refractivity contribution in [3.8, 4) is 11.5 Å². The van der Waals surface area contributed by atoms with Gasteiger partial charge in [0.2, 0.25) is 5.91 Å². The SMILES string of the molecule is CN1C(=O)[C@H]2CC[C@@H]1CN(C(=O)c1ccc3c(c1)OCCO3)C2. The van der Waals surface area contributed by atoms with Gasteiger partial charge in [0.05, 0.1) is 5.92 Å². The van der Waals surface area contributed by atoms with Crippen LogP contribution in [0.15, 0.2) is 18.2 Å². The van der Waals surface area contributed by atoms with Crippen LogP contribution in [0, 0.1) is 5.92 Å². The minimum absolute atomic E-state index is 0.0398. The van der Waals surface area contributed by atoms with Crippen LogP contribution in [-0.2, 0) is 4.79 Å². The van der Waals surface area contributed by atoms with Gasteiger partial charge in [-0.3, -0.25) is 9.59 Å². The molecule has 2 bridgehead atoms. The molecule has 3 fully saturated rings. The quantitative estimate of drug-likeness (QED) is 0.780. The summed E-state index contributed by atoms with van der Waals surface area (Å²) in [6.07, 6.45) is 1.84. The monoisotopic (exact) mass is 316 g/mol. The lowest BCUT2D eigenvalue weighted by molar-refractivity contribution is -0.138. The molecular weight excluding hydrogens is 296 g/mol. The fourth-order valence-electron chi connectivity index (χ4n) is 3.68. The Morgan fingerprint density at radius 1 is 1.13 bits per heavy atom. The molecule has 5 rings (SSSR count). The Hall–Kier alpha value is -2.24. The van der Waals surface area contributed by atoms with Crippen LogP contribution < -0.4 is 9.47 Å². The Morgan fingerprint density at radius 3 is 2.74 bits per heavy atom. The number of nitrogens with zero attached hydrogens (tertiary/aromatic N) is 2. The van der Waals surface area contributed by atoms with E-state index in [9.17, 15) is 9.59 Å². The Bertz CT molecular complexity index is 660. The van der Waals surface area contributed by atoms with E-state index in [-0.39, 0.29) is 23.8 Å². The molecule has 4 heterocycles. The Kier molecular flexibility index (Phi) is 3.39. The van der Waals surface area contributed by atoms with Gasteiger partial charge < -0.3 is 19.3 Å². The molecule has 23 heavy (non-hydrogen) atoms. The first-order valence-corrected chi connectivity index (χ1v) is 8.09. The van der Waals surface area contributed by atoms with Crippen molar-refractivity contribution in [1.29, 1.82) is 0 Å². The van der Waals surface area contributed by atoms with Crippen molar-refractivity contribution in [2.45, 2.75) is 18.9 Å². The molecule has 1 aromatic carbocycles. The molecule has 1 aromatic rings. The van der Waals surface area contributed by atoms with Crippen LogP contribution in [0.3, 0.4) is 0 Å². The third-order valence-electron chi connectivity index (χ3n) is 5.04. The van der Waals surface area contributed by atoms with Crippen molar-refractivity contribution in [3.05, 3.63) is 23.8 Å². The second-order valence-corrected chi connectivity index (χ2v) is 6.45. The molecule has 0 spiro atoms. The lowest BCUT2D eigenvalue weighted by atomic mass is 9.95. The number of ether oxygens (including phenoxy) is 2. The van der Waals surface area contributed by atoms with Crippen LogP contribution >= 0.6 is 0 Å². The largest absolute Gasteiger partial charge is 0.486 e. The van der Waals surface area contributed by atoms with Gasteiger partial charge in [-0.2, -0.15) is 0 Å². The zero-order valence-corrected chi connectivity index (χ0v) is 13.2. The van der Waals surface area contributed by atoms with Crippen molar-refractivity contribution >= 4 is 11.8 Å². The second kappa shape index (κ2) is 5.44. The molecule has 0 N–H and O–H groups in total. The summed E-state index contributed by atoms with van der Waals surface area (Å²) < 4.78 is 11.1. The molecule has 6 nitrogen and oxygen atoms in total. The van der Waals surface area contributed by atoms with Crippen LogP contribution in [0.1, 0.15) is 23.2 Å². The maximum atomic E-state index is 12.9. The van der Waals surface area contributed by atoms with Crippen LogP contribution in [-0.4, -0.2) is 61.0 Å². The first-order chi connectivity index (χ1) is 11.1. The van der Waals surface area contributed by atoms with Crippen LogP contribution in [0.2, 0.25) is 0 Å². The summed E-state index contributed by atoms with van der Waals surface area (Å²) in [6, 6.07) is 5.43. The number of carbonyl (C=O) groups excluding carboxylic acids is 2. The fraction of sp³-hybridized carbons (Fsp3) is 0.529. The molecule has 3 saturated heterocycles. The summed E-state index contributed by atoms with van der Waals surface area (Å²) in [7, 11) is 1.84. The predicted octanol–water partition coefficient (Wildman–Crippen LogP) is 1.15. The Balaban J connectivity index is 1.58. The molecule has 0 saturated carbocycles. The Labute approximate surface area is 134 Å². The van der Waals surface area contributed by atoms with Crippen LogP contribution in [0.4, 0.5) is 0 Å². The number of likely N-dealkylation sites (N-methyl/N-ethyl adjacent to an activating group) is 1. The van der Waals surface area contributed by atoms with E-state index in [4.69, 9.17) is 9.47 Å². The van der Waals surface area contributed by atoms with E-state index in [2.05, 4.69) is 0 Å². The van der Waals surface area contributed by atoms with Gasteiger partial charge in [0.15, 0.2) is 11.5 Å². The molecular formula is C17H20N2O4. The van der Waals surface area contributed by atoms with Gasteiger partial charge in [0, 0.05) is 31.7 Å². The van der Waals surface area contributed by atoms with E-state index in [0.717, 1.165) is 12.8 Å². The van der Waals surface area contributed by atoms with E-state index in [1.165, 1.54) is 0 Å². The summed E-state index contributed by atoms with van der Waals surface area (Å²) in [5, 5.41) is 0. The number of carbonyl (C=O) groups is 2. The minimum atomic E-state index is -0.0695. The van der Waals surface area contributed by atoms with E-state index in [0.29, 0.717) is 43.4 Å². The maximum absolute atomic E-state index is 12.9. The zero-order valence-electron chi connectivity index (χ0n) is 13.2. The molecule has 0 radical (unpaired) electrons. The average molecular weight is 316 g/mol. The lowest BCUT2D eigenvalue weighted by Gasteiger charge is -2.32. The number of hydrogen-bond donors (Lipinski definition) is 0. The van der Waals surface area contributed by atoms with Gasteiger partial charge >= 0.3 is 0 Å². The highest BCUT2D eigenvalue weighted by Crippen LogP contribution is 2.32. The topological polar surface area (TPSA) is 59.1 Å². The van der Waals surface area contributed by atoms with Crippen molar-refractivity contribution in [2.75, 3.05) is 33.4 Å². The van der Waals surface area contributed by atoms with Gasteiger partial charge in [0.25, 0.3) is 5.91 Å². The third-order valence-corrected chi connectivity index (χ3v) is 5.04. The maximum Gasteiger partial charge on any atom is 0.254 e. The fourth-order valence-corrected chi connectivity index (χ4v) is 3.68. The number of fused-ring (bicyclic) bond motifs is 5. The van der Waals surface area contributed by atoms with E-state index >= 15 is 0 Å². The molecule has 4 aliphatic rings. The lowest BCUT2D eigenvalue weighted by Crippen LogP contribution is -2.45. The Morgan fingerprint density at radius 2 is 1.91 bits per heavy atom. The van der Waals surface area contributed by atoms with E-state index in [1.807, 2.05) is 16.8 Å². The first-order valence-electron chi connectivity index (χ1n) is 8.09. The molecule has 2 atom stereocenters. The van der Waals surface area contributed by atoms with Crippen LogP contribution in [0.5, 0.6) is 11.5 Å². The molecule has 122 valence electrons. The molecule has 0 unspecified atom stereocenters. The number of piperidine rings is 1. The van der Waals surface area contributed by atoms with Gasteiger partial charge in [-0.1, -0.05) is 0 Å². The van der Waals surface area contributed by atoms with Gasteiger partial charge in [-0.25, -0.2) is 0 Å². The van der Waals surface area contributed by atoms with Crippen molar-refractivity contribution in [1.82, 2.24) is 9.80 Å². The summed E-state index contributed by atoms with van der Waals surface area (Å²) in [4.78, 5) is 28.8. The molecule has 4 aliphatic heterocycles. The molecule has 2 amide bonds. The molecule has 0 aromatic heterocycles. The van der Waals surface area contributed by atoms with E-state index in [1.54, 1.807) is 18.2 Å². The highest BCUT2D eigenvalue weighted by Gasteiger charge is 2.40. The highest BCUT2D eigenvalue weighted by molar-refractivity contribution is 5.95. The van der Waals surface area contributed by atoms with Crippen molar-refractivity contribution < 1.29 is 19.1 Å². The predicted molar refractivity (Wildman–Crippen MR) is 82.6 cm³/mol. The number of rotatable bonds is 1. The summed E-state index contributed by atoms with van der Waals surface area (Å²) in [6.45, 7) is 2.14. The molecule has 0 aliphatic carbocycles. The summed E-state index contributed by atoms with van der Waals surface area (Å²) in [5.74, 6) is 1.35. The van der Waals surface area contributed by atoms with Crippen molar-refractivity contribution in [3.63, 3.8) is 0 Å². The first kappa shape index (κ1) is 14.4. The van der Waals surface area contributed by atoms with Gasteiger partial charge in [0.1, 0.15) is 13.2 Å². The highest BCUT2D eigenvalue weighted by atomic mass is 16.6. The number of benzene rings is 1. The number of hydrogen-bond acceptors (Lipinski definition) is 4. The summed E-state index contributed by atoms with van der Waals surface area (Å²) >= 11 is 0. The zero-order chi connectivity index (χ0) is 16.0. The van der Waals surface area contributed by atoms with Gasteiger partial charge in [-0.05, 0) is 31.0 Å². The third kappa shape index (κ3) is 2.42. The summed E-state index contributed by atoms with van der Waals surface area (Å²) in [5.41, 5.74) is 0.589. The number of amides is 2. The molecule has 6 heteroatoms. The second-order valence-electron chi connectivity index (χ2n) is 6.45. The average Bonchev–Trinajstić information content (AvgIpc) is 2.87. The van der Waals surface area contributed by atoms with Gasteiger partial charge in [-0.15, -0.1) is 0 Å². The standard InChI is InChI=1S/C17H20N2O4/c1-18-13-4-2-12(16(18)20)9-19(10-13)17(21)11-3-5-14-15(8-11)23-7-6-22-14/h3,5,8,12-13H,2,4,6-7,9-10H2,1H3/t12-,13+/m0/s1. The van der Waals surface area contributed by atoms with E-state index < -0.39 is 0 Å². The smallest absolute Gasteiger partial charge is 0.254 e. The normalized spacial score (nSPS) is 26.2. The van der Waals surface area contributed by atoms with Crippen molar-refractivity contribution in [2.24, 2.45) is 5.92 Å².